The molecule has 34 heavy (non-hydrogen) atoms. The molecule has 0 bridgehead atoms. The molecule has 0 amide bonds. The molecule has 2 rings (SSSR count). The number of hydrogen-bond donors (Lipinski definition) is 12. The Morgan fingerprint density at radius 1 is 0.912 bits per heavy atom. The minimum atomic E-state index is -2.37. The fraction of sp³-hybridized carbons (Fsp3) is 0.944. The molecule has 0 aromatic carbocycles. The van der Waals surface area contributed by atoms with Gasteiger partial charge in [0, 0.05) is 0 Å². The van der Waals surface area contributed by atoms with Crippen LogP contribution < -0.4 is 0 Å². The van der Waals surface area contributed by atoms with Crippen LogP contribution in [0.2, 0.25) is 0 Å². The summed E-state index contributed by atoms with van der Waals surface area (Å²) in [5.41, 5.74) is 0. The van der Waals surface area contributed by atoms with E-state index in [0.29, 0.717) is 0 Å². The predicted octanol–water partition coefficient (Wildman–Crippen LogP) is -7.75. The number of aliphatic hydroxyl groups is 12. The first-order valence-electron chi connectivity index (χ1n) is 10.2. The van der Waals surface area contributed by atoms with Gasteiger partial charge < -0.3 is 80.3 Å². The lowest BCUT2D eigenvalue weighted by Gasteiger charge is -2.41. The summed E-state index contributed by atoms with van der Waals surface area (Å²) in [5, 5.41) is 112. The van der Waals surface area contributed by atoms with Gasteiger partial charge in [-0.1, -0.05) is 0 Å². The van der Waals surface area contributed by atoms with E-state index in [0.717, 1.165) is 0 Å². The Balaban J connectivity index is 0.000000445. The smallest absolute Gasteiger partial charge is 0.219 e. The van der Waals surface area contributed by atoms with Crippen LogP contribution in [-0.4, -0.2) is 167 Å². The van der Waals surface area contributed by atoms with Gasteiger partial charge in [0.2, 0.25) is 5.79 Å². The molecular weight excluding hydrogens is 472 g/mol. The number of aldehydes is 1. The van der Waals surface area contributed by atoms with Crippen LogP contribution in [0.25, 0.3) is 0 Å². The monoisotopic (exact) mass is 506 g/mol. The molecule has 0 aromatic heterocycles. The zero-order valence-electron chi connectivity index (χ0n) is 18.1. The zero-order valence-corrected chi connectivity index (χ0v) is 18.1. The number of rotatable bonds is 9. The second-order valence-electron chi connectivity index (χ2n) is 7.93. The molecule has 2 aliphatic heterocycles. The van der Waals surface area contributed by atoms with Crippen molar-refractivity contribution < 1.29 is 80.3 Å². The molecule has 0 unspecified atom stereocenters. The fourth-order valence-corrected chi connectivity index (χ4v) is 3.20. The molecule has 0 radical (unpaired) electrons. The lowest BCUT2D eigenvalue weighted by atomic mass is 9.99. The van der Waals surface area contributed by atoms with Gasteiger partial charge >= 0.3 is 0 Å². The van der Waals surface area contributed by atoms with Gasteiger partial charge in [-0.15, -0.1) is 0 Å². The van der Waals surface area contributed by atoms with Crippen molar-refractivity contribution in [3.63, 3.8) is 0 Å². The van der Waals surface area contributed by atoms with E-state index in [4.69, 9.17) is 44.8 Å². The third kappa shape index (κ3) is 7.06. The molecule has 0 saturated carbocycles. The number of carbonyl (C=O) groups excluding carboxylic acids is 1. The Kier molecular flexibility index (Phi) is 12.3. The Hall–Kier alpha value is -0.930. The van der Waals surface area contributed by atoms with Gasteiger partial charge in [0.25, 0.3) is 0 Å². The van der Waals surface area contributed by atoms with Gasteiger partial charge in [0.1, 0.15) is 61.0 Å². The highest BCUT2D eigenvalue weighted by molar-refractivity contribution is 5.56. The standard InChI is InChI=1S/C12H22O11.C6H12O5/c13-1-4-6(16)7(17)8(18)11(21-4)22-9-5(2-14)23-12(20,3-15)10(9)19;1-3(8)5(10)6(11)4(9)2-7/h4-11,13-20H,1-3H2;2-6,8-11H,1H3/t4-,5-,6+,7+,8-,9-,10+,11+,12-;3-,4-,5-,6-/m10/s1. The maximum Gasteiger partial charge on any atom is 0.219 e. The summed E-state index contributed by atoms with van der Waals surface area (Å²) in [6.45, 7) is -1.08. The van der Waals surface area contributed by atoms with Crippen molar-refractivity contribution in [2.24, 2.45) is 0 Å². The summed E-state index contributed by atoms with van der Waals surface area (Å²) in [5.74, 6) is -2.37. The quantitative estimate of drug-likeness (QED) is 0.129. The summed E-state index contributed by atoms with van der Waals surface area (Å²) >= 11 is 0. The second-order valence-corrected chi connectivity index (χ2v) is 7.93. The molecule has 2 heterocycles. The maximum absolute atomic E-state index is 10.00. The third-order valence-corrected chi connectivity index (χ3v) is 5.37. The molecular formula is C18H34O16. The minimum Gasteiger partial charge on any atom is -0.394 e. The molecule has 2 saturated heterocycles. The largest absolute Gasteiger partial charge is 0.394 e. The molecule has 202 valence electrons. The third-order valence-electron chi connectivity index (χ3n) is 5.37. The van der Waals surface area contributed by atoms with Gasteiger partial charge in [-0.2, -0.15) is 0 Å². The first-order chi connectivity index (χ1) is 15.8. The molecule has 0 aliphatic carbocycles. The summed E-state index contributed by atoms with van der Waals surface area (Å²) in [6.07, 6.45) is -18.1. The van der Waals surface area contributed by atoms with E-state index in [1.54, 1.807) is 0 Å². The van der Waals surface area contributed by atoms with Crippen LogP contribution >= 0.6 is 0 Å². The van der Waals surface area contributed by atoms with Crippen LogP contribution in [0.15, 0.2) is 0 Å². The fourth-order valence-electron chi connectivity index (χ4n) is 3.20. The van der Waals surface area contributed by atoms with Gasteiger partial charge in [-0.05, 0) is 6.92 Å². The van der Waals surface area contributed by atoms with Crippen LogP contribution in [-0.2, 0) is 19.0 Å². The van der Waals surface area contributed by atoms with E-state index < -0.39 is 99.0 Å². The van der Waals surface area contributed by atoms with Crippen LogP contribution in [0.1, 0.15) is 6.92 Å². The highest BCUT2D eigenvalue weighted by Crippen LogP contribution is 2.33. The molecule has 13 atom stereocenters. The molecule has 16 heteroatoms. The molecule has 0 spiro atoms. The molecule has 16 nitrogen and oxygen atoms in total. The Bertz CT molecular complexity index is 607. The van der Waals surface area contributed by atoms with Crippen molar-refractivity contribution >= 4 is 6.29 Å². The molecule has 2 aliphatic rings. The number of ether oxygens (including phenoxy) is 3. The number of hydrogen-bond acceptors (Lipinski definition) is 16. The van der Waals surface area contributed by atoms with Crippen LogP contribution in [0, 0.1) is 0 Å². The summed E-state index contributed by atoms with van der Waals surface area (Å²) in [7, 11) is 0. The summed E-state index contributed by atoms with van der Waals surface area (Å²) < 4.78 is 15.3. The van der Waals surface area contributed by atoms with Gasteiger partial charge in [0.15, 0.2) is 12.6 Å². The second kappa shape index (κ2) is 13.4. The zero-order chi connectivity index (χ0) is 26.4. The molecule has 12 N–H and O–H groups in total. The van der Waals surface area contributed by atoms with E-state index in [9.17, 15) is 35.4 Å². The van der Waals surface area contributed by atoms with Crippen LogP contribution in [0.4, 0.5) is 0 Å². The SMILES string of the molecule is C[C@H](O)[C@H](O)[C@@H](O)[C@@H](O)C=O.OC[C@H]1O[C@@H](O[C@@H]2[C@@H](CO)O[C@](O)(CO)[C@H]2O)[C@H](O)[C@@H](O)[C@H]1O. The number of aliphatic hydroxyl groups excluding tert-OH is 11. The van der Waals surface area contributed by atoms with Gasteiger partial charge in [-0.25, -0.2) is 0 Å². The normalized spacial score (nSPS) is 41.7. The van der Waals surface area contributed by atoms with E-state index >= 15 is 0 Å². The van der Waals surface area contributed by atoms with Crippen molar-refractivity contribution in [1.82, 2.24) is 0 Å². The predicted molar refractivity (Wildman–Crippen MR) is 104 cm³/mol. The minimum absolute atomic E-state index is 0.0935. The highest BCUT2D eigenvalue weighted by atomic mass is 16.7. The first-order valence-corrected chi connectivity index (χ1v) is 10.2. The van der Waals surface area contributed by atoms with E-state index in [-0.39, 0.29) is 6.29 Å². The summed E-state index contributed by atoms with van der Waals surface area (Å²) in [6, 6.07) is 0. The highest BCUT2D eigenvalue weighted by Gasteiger charge is 2.56. The van der Waals surface area contributed by atoms with Crippen molar-refractivity contribution in [2.45, 2.75) is 86.1 Å². The van der Waals surface area contributed by atoms with E-state index in [1.807, 2.05) is 0 Å². The molecule has 2 fully saturated rings. The van der Waals surface area contributed by atoms with Crippen molar-refractivity contribution in [1.29, 1.82) is 0 Å². The lowest BCUT2D eigenvalue weighted by molar-refractivity contribution is -0.318. The number of carbonyl (C=O) groups is 1. The Labute approximate surface area is 193 Å². The first kappa shape index (κ1) is 31.1. The van der Waals surface area contributed by atoms with Crippen LogP contribution in [0.3, 0.4) is 0 Å². The van der Waals surface area contributed by atoms with Crippen molar-refractivity contribution in [3.05, 3.63) is 0 Å². The molecule has 0 aromatic rings. The van der Waals surface area contributed by atoms with Gasteiger partial charge in [-0.3, -0.25) is 0 Å². The Morgan fingerprint density at radius 2 is 1.47 bits per heavy atom. The van der Waals surface area contributed by atoms with Crippen LogP contribution in [0.5, 0.6) is 0 Å². The summed E-state index contributed by atoms with van der Waals surface area (Å²) in [4.78, 5) is 9.87. The topological polar surface area (TPSA) is 288 Å². The van der Waals surface area contributed by atoms with E-state index in [1.165, 1.54) is 6.92 Å². The average Bonchev–Trinajstić information content (AvgIpc) is 3.07. The maximum atomic E-state index is 10.00. The Morgan fingerprint density at radius 3 is 1.91 bits per heavy atom. The van der Waals surface area contributed by atoms with Crippen molar-refractivity contribution in [2.75, 3.05) is 19.8 Å². The van der Waals surface area contributed by atoms with Gasteiger partial charge in [0.05, 0.1) is 25.9 Å². The lowest BCUT2D eigenvalue weighted by Crippen LogP contribution is -2.60. The average molecular weight is 506 g/mol. The van der Waals surface area contributed by atoms with E-state index in [2.05, 4.69) is 0 Å². The van der Waals surface area contributed by atoms with Crippen molar-refractivity contribution in [3.8, 4) is 0 Å².